The highest BCUT2D eigenvalue weighted by atomic mass is 32.1. The Morgan fingerprint density at radius 1 is 1.36 bits per heavy atom. The van der Waals surface area contributed by atoms with E-state index < -0.39 is 0 Å². The van der Waals surface area contributed by atoms with Gasteiger partial charge in [-0.2, -0.15) is 0 Å². The van der Waals surface area contributed by atoms with E-state index in [2.05, 4.69) is 36.4 Å². The maximum atomic E-state index is 11.8. The van der Waals surface area contributed by atoms with Crippen LogP contribution in [-0.2, 0) is 10.2 Å². The van der Waals surface area contributed by atoms with Crippen LogP contribution in [0.1, 0.15) is 43.4 Å². The van der Waals surface area contributed by atoms with Gasteiger partial charge in [0.25, 0.3) is 5.91 Å². The molecule has 118 valence electrons. The molecule has 2 aromatic heterocycles. The molecule has 0 aromatic carbocycles. The van der Waals surface area contributed by atoms with E-state index in [1.54, 1.807) is 12.1 Å². The molecule has 0 fully saturated rings. The van der Waals surface area contributed by atoms with Gasteiger partial charge in [0.05, 0.1) is 12.0 Å². The molecular formula is C15H19N3O3S. The minimum Gasteiger partial charge on any atom is -0.459 e. The maximum absolute atomic E-state index is 11.8. The highest BCUT2D eigenvalue weighted by Crippen LogP contribution is 2.26. The number of hydrogen-bond donors (Lipinski definition) is 2. The second kappa shape index (κ2) is 6.74. The van der Waals surface area contributed by atoms with Crippen molar-refractivity contribution in [3.8, 4) is 0 Å². The Labute approximate surface area is 132 Å². The molecule has 0 atom stereocenters. The summed E-state index contributed by atoms with van der Waals surface area (Å²) in [5, 5.41) is 7.87. The molecule has 0 bridgehead atoms. The van der Waals surface area contributed by atoms with E-state index in [4.69, 9.17) is 4.42 Å². The van der Waals surface area contributed by atoms with Crippen molar-refractivity contribution in [3.63, 3.8) is 0 Å². The van der Waals surface area contributed by atoms with Crippen LogP contribution in [0.25, 0.3) is 0 Å². The molecule has 0 aliphatic heterocycles. The lowest BCUT2D eigenvalue weighted by Gasteiger charge is -2.14. The Balaban J connectivity index is 1.76. The molecule has 22 heavy (non-hydrogen) atoms. The van der Waals surface area contributed by atoms with Gasteiger partial charge < -0.3 is 15.1 Å². The molecule has 0 saturated carbocycles. The summed E-state index contributed by atoms with van der Waals surface area (Å²) in [5.74, 6) is -0.285. The van der Waals surface area contributed by atoms with Crippen molar-refractivity contribution < 1.29 is 14.0 Å². The third-order valence-corrected chi connectivity index (χ3v) is 3.66. The molecule has 2 aromatic rings. The van der Waals surface area contributed by atoms with E-state index in [0.717, 1.165) is 5.69 Å². The minimum atomic E-state index is -0.331. The molecule has 0 aliphatic rings. The molecule has 7 heteroatoms. The number of nitrogens with one attached hydrogen (secondary N) is 2. The molecular weight excluding hydrogens is 302 g/mol. The highest BCUT2D eigenvalue weighted by molar-refractivity contribution is 7.13. The van der Waals surface area contributed by atoms with Crippen LogP contribution in [-0.4, -0.2) is 23.3 Å². The number of hydrogen-bond acceptors (Lipinski definition) is 5. The predicted octanol–water partition coefficient (Wildman–Crippen LogP) is 2.79. The van der Waals surface area contributed by atoms with E-state index in [1.165, 1.54) is 17.6 Å². The number of thiazole rings is 1. The van der Waals surface area contributed by atoms with E-state index >= 15 is 0 Å². The Hall–Kier alpha value is -2.15. The molecule has 2 rings (SSSR count). The van der Waals surface area contributed by atoms with E-state index in [0.29, 0.717) is 5.13 Å². The Kier molecular flexibility index (Phi) is 4.97. The third-order valence-electron chi connectivity index (χ3n) is 2.90. The van der Waals surface area contributed by atoms with Gasteiger partial charge >= 0.3 is 0 Å². The second-order valence-corrected chi connectivity index (χ2v) is 6.68. The molecule has 2 heterocycles. The highest BCUT2D eigenvalue weighted by Gasteiger charge is 2.18. The van der Waals surface area contributed by atoms with Crippen molar-refractivity contribution in [1.82, 2.24) is 10.3 Å². The van der Waals surface area contributed by atoms with Crippen molar-refractivity contribution >= 4 is 28.3 Å². The summed E-state index contributed by atoms with van der Waals surface area (Å²) in [6.45, 7) is 6.44. The van der Waals surface area contributed by atoms with Gasteiger partial charge in [0, 0.05) is 23.8 Å². The first-order chi connectivity index (χ1) is 10.4. The number of carbonyl (C=O) groups is 2. The summed E-state index contributed by atoms with van der Waals surface area (Å²) in [6, 6.07) is 3.20. The minimum absolute atomic E-state index is 0.0451. The molecule has 0 radical (unpaired) electrons. The Bertz CT molecular complexity index is 641. The number of amides is 2. The summed E-state index contributed by atoms with van der Waals surface area (Å²) in [5.41, 5.74) is 0.898. The van der Waals surface area contributed by atoms with Gasteiger partial charge in [0.1, 0.15) is 0 Å². The monoisotopic (exact) mass is 321 g/mol. The summed E-state index contributed by atoms with van der Waals surface area (Å²) in [7, 11) is 0. The van der Waals surface area contributed by atoms with Crippen LogP contribution in [0.4, 0.5) is 5.13 Å². The topological polar surface area (TPSA) is 84.2 Å². The predicted molar refractivity (Wildman–Crippen MR) is 85.1 cm³/mol. The normalized spacial score (nSPS) is 11.2. The average molecular weight is 321 g/mol. The molecule has 0 saturated heterocycles. The first-order valence-electron chi connectivity index (χ1n) is 6.94. The van der Waals surface area contributed by atoms with Crippen LogP contribution in [0, 0.1) is 0 Å². The van der Waals surface area contributed by atoms with Gasteiger partial charge in [-0.05, 0) is 12.1 Å². The second-order valence-electron chi connectivity index (χ2n) is 5.82. The zero-order valence-corrected chi connectivity index (χ0v) is 13.6. The largest absolute Gasteiger partial charge is 0.459 e. The summed E-state index contributed by atoms with van der Waals surface area (Å²) < 4.78 is 4.96. The van der Waals surface area contributed by atoms with E-state index in [1.807, 2.05) is 5.38 Å². The summed E-state index contributed by atoms with van der Waals surface area (Å²) in [6.07, 6.45) is 1.60. The summed E-state index contributed by atoms with van der Waals surface area (Å²) in [4.78, 5) is 27.8. The molecule has 0 unspecified atom stereocenters. The molecule has 2 N–H and O–H groups in total. The average Bonchev–Trinajstić information content (AvgIpc) is 3.08. The van der Waals surface area contributed by atoms with Gasteiger partial charge in [0.15, 0.2) is 10.9 Å². The fraction of sp³-hybridized carbons (Fsp3) is 0.400. The number of anilines is 1. The van der Waals surface area contributed by atoms with Gasteiger partial charge in [-0.1, -0.05) is 20.8 Å². The number of nitrogens with zero attached hydrogens (tertiary/aromatic N) is 1. The van der Waals surface area contributed by atoms with Gasteiger partial charge in [0.2, 0.25) is 5.91 Å². The van der Waals surface area contributed by atoms with Crippen molar-refractivity contribution in [2.75, 3.05) is 11.9 Å². The first kappa shape index (κ1) is 16.2. The van der Waals surface area contributed by atoms with Crippen molar-refractivity contribution in [2.24, 2.45) is 0 Å². The van der Waals surface area contributed by atoms with Crippen LogP contribution in [0.15, 0.2) is 28.2 Å². The lowest BCUT2D eigenvalue weighted by molar-refractivity contribution is -0.116. The van der Waals surface area contributed by atoms with Crippen LogP contribution >= 0.6 is 11.3 Å². The summed E-state index contributed by atoms with van der Waals surface area (Å²) >= 11 is 1.40. The number of carbonyl (C=O) groups excluding carboxylic acids is 2. The number of furan rings is 1. The quantitative estimate of drug-likeness (QED) is 0.887. The smallest absolute Gasteiger partial charge is 0.286 e. The zero-order chi connectivity index (χ0) is 16.2. The SMILES string of the molecule is CC(C)(C)c1csc(NC(=O)CCNC(=O)c2ccco2)n1. The van der Waals surface area contributed by atoms with Gasteiger partial charge in [-0.15, -0.1) is 11.3 Å². The van der Waals surface area contributed by atoms with Crippen LogP contribution in [0.2, 0.25) is 0 Å². The molecule has 6 nitrogen and oxygen atoms in total. The maximum Gasteiger partial charge on any atom is 0.286 e. The Morgan fingerprint density at radius 2 is 2.14 bits per heavy atom. The van der Waals surface area contributed by atoms with Crippen LogP contribution in [0.5, 0.6) is 0 Å². The lowest BCUT2D eigenvalue weighted by Crippen LogP contribution is -2.27. The van der Waals surface area contributed by atoms with Gasteiger partial charge in [-0.3, -0.25) is 9.59 Å². The fourth-order valence-electron chi connectivity index (χ4n) is 1.64. The molecule has 0 spiro atoms. The van der Waals surface area contributed by atoms with Crippen LogP contribution < -0.4 is 10.6 Å². The van der Waals surface area contributed by atoms with Crippen molar-refractivity contribution in [1.29, 1.82) is 0 Å². The first-order valence-corrected chi connectivity index (χ1v) is 7.82. The number of rotatable bonds is 5. The third kappa shape index (κ3) is 4.42. The fourth-order valence-corrected chi connectivity index (χ4v) is 2.60. The van der Waals surface area contributed by atoms with Crippen LogP contribution in [0.3, 0.4) is 0 Å². The van der Waals surface area contributed by atoms with Crippen molar-refractivity contribution in [2.45, 2.75) is 32.6 Å². The number of aromatic nitrogens is 1. The zero-order valence-electron chi connectivity index (χ0n) is 12.8. The lowest BCUT2D eigenvalue weighted by atomic mass is 9.93. The standard InChI is InChI=1S/C15H19N3O3S/c1-15(2,3)11-9-22-14(17-11)18-12(19)6-7-16-13(20)10-5-4-8-21-10/h4-5,8-9H,6-7H2,1-3H3,(H,16,20)(H,17,18,19). The van der Waals surface area contributed by atoms with E-state index in [-0.39, 0.29) is 36.0 Å². The van der Waals surface area contributed by atoms with Crippen molar-refractivity contribution in [3.05, 3.63) is 35.2 Å². The molecule has 0 aliphatic carbocycles. The van der Waals surface area contributed by atoms with E-state index in [9.17, 15) is 9.59 Å². The Morgan fingerprint density at radius 3 is 2.73 bits per heavy atom. The van der Waals surface area contributed by atoms with Gasteiger partial charge in [-0.25, -0.2) is 4.98 Å². The molecule has 2 amide bonds.